The summed E-state index contributed by atoms with van der Waals surface area (Å²) in [5.74, 6) is 1.26. The highest BCUT2D eigenvalue weighted by Crippen LogP contribution is 2.44. The predicted octanol–water partition coefficient (Wildman–Crippen LogP) is 3.81. The molecule has 1 aliphatic heterocycles. The Balaban J connectivity index is 1.77. The van der Waals surface area contributed by atoms with E-state index in [1.54, 1.807) is 11.8 Å². The van der Waals surface area contributed by atoms with Crippen LogP contribution in [0.3, 0.4) is 0 Å². The molecule has 1 aliphatic rings. The van der Waals surface area contributed by atoms with Gasteiger partial charge in [0, 0.05) is 0 Å². The van der Waals surface area contributed by atoms with Crippen LogP contribution in [0.5, 0.6) is 5.75 Å². The minimum atomic E-state index is -1.13. The maximum atomic E-state index is 14.3. The Morgan fingerprint density at radius 3 is 2.07 bits per heavy atom. The number of Topliss-reactive ketones (excluding diaryl/α,β-unsaturated/α-hetero) is 1. The summed E-state index contributed by atoms with van der Waals surface area (Å²) in [6, 6.07) is 26.4. The van der Waals surface area contributed by atoms with Gasteiger partial charge in [-0.3, -0.25) is 4.79 Å². The van der Waals surface area contributed by atoms with Crippen LogP contribution in [0.15, 0.2) is 91.3 Å². The van der Waals surface area contributed by atoms with Crippen molar-refractivity contribution in [3.05, 3.63) is 108 Å². The van der Waals surface area contributed by atoms with E-state index in [9.17, 15) is 4.79 Å². The fraction of sp³-hybridized carbons (Fsp3) is 0.125. The van der Waals surface area contributed by atoms with Crippen LogP contribution in [0.2, 0.25) is 0 Å². The molecule has 1 unspecified atom stereocenters. The highest BCUT2D eigenvalue weighted by atomic mass is 16.5. The average Bonchev–Trinajstić information content (AvgIpc) is 3.29. The van der Waals surface area contributed by atoms with Gasteiger partial charge in [-0.25, -0.2) is 4.68 Å². The van der Waals surface area contributed by atoms with Crippen molar-refractivity contribution in [3.8, 4) is 5.75 Å². The average molecular weight is 396 g/mol. The van der Waals surface area contributed by atoms with Gasteiger partial charge in [0.2, 0.25) is 5.95 Å². The number of fused-ring (bicyclic) bond motifs is 1. The van der Waals surface area contributed by atoms with Gasteiger partial charge in [0.25, 0.3) is 0 Å². The van der Waals surface area contributed by atoms with Gasteiger partial charge in [-0.2, -0.15) is 10.1 Å². The molecule has 1 aromatic heterocycles. The lowest BCUT2D eigenvalue weighted by atomic mass is 9.74. The van der Waals surface area contributed by atoms with Crippen LogP contribution in [-0.2, 0) is 10.3 Å². The quantitative estimate of drug-likeness (QED) is 0.568. The number of anilines is 1. The molecule has 0 saturated carbocycles. The maximum absolute atomic E-state index is 14.3. The number of ether oxygens (including phenoxy) is 1. The summed E-state index contributed by atoms with van der Waals surface area (Å²) in [5, 5.41) is 7.75. The molecule has 1 N–H and O–H groups in total. The number of nitrogens with one attached hydrogen (secondary N) is 1. The van der Waals surface area contributed by atoms with E-state index in [1.165, 1.54) is 6.33 Å². The summed E-state index contributed by atoms with van der Waals surface area (Å²) in [7, 11) is 1.62. The molecule has 0 spiro atoms. The number of carbonyl (C=O) groups is 1. The highest BCUT2D eigenvalue weighted by molar-refractivity contribution is 6.01. The van der Waals surface area contributed by atoms with Crippen molar-refractivity contribution in [2.24, 2.45) is 0 Å². The van der Waals surface area contributed by atoms with Gasteiger partial charge >= 0.3 is 0 Å². The van der Waals surface area contributed by atoms with E-state index in [0.29, 0.717) is 5.95 Å². The lowest BCUT2D eigenvalue weighted by Gasteiger charge is -2.41. The van der Waals surface area contributed by atoms with E-state index in [2.05, 4.69) is 15.4 Å². The van der Waals surface area contributed by atoms with E-state index >= 15 is 0 Å². The molecular weight excluding hydrogens is 376 g/mol. The Bertz CT molecular complexity index is 1130. The number of ketones is 1. The van der Waals surface area contributed by atoms with Crippen molar-refractivity contribution >= 4 is 11.7 Å². The largest absolute Gasteiger partial charge is 0.497 e. The molecule has 0 bridgehead atoms. The van der Waals surface area contributed by atoms with Crippen LogP contribution >= 0.6 is 0 Å². The number of hydrogen-bond donors (Lipinski definition) is 1. The molecule has 30 heavy (non-hydrogen) atoms. The topological polar surface area (TPSA) is 69.0 Å². The molecule has 5 rings (SSSR count). The number of hydrogen-bond acceptors (Lipinski definition) is 5. The van der Waals surface area contributed by atoms with Crippen molar-refractivity contribution in [2.75, 3.05) is 12.4 Å². The van der Waals surface area contributed by atoms with Crippen LogP contribution in [0.4, 0.5) is 5.95 Å². The molecule has 6 heteroatoms. The molecule has 2 heterocycles. The first-order valence-electron chi connectivity index (χ1n) is 9.71. The summed E-state index contributed by atoms with van der Waals surface area (Å²) < 4.78 is 6.97. The van der Waals surface area contributed by atoms with Gasteiger partial charge < -0.3 is 10.1 Å². The van der Waals surface area contributed by atoms with Crippen LogP contribution in [0.1, 0.15) is 22.7 Å². The third kappa shape index (κ3) is 2.61. The summed E-state index contributed by atoms with van der Waals surface area (Å²) in [6.45, 7) is 0. The zero-order valence-electron chi connectivity index (χ0n) is 16.4. The molecule has 0 fully saturated rings. The third-order valence-electron chi connectivity index (χ3n) is 5.59. The predicted molar refractivity (Wildman–Crippen MR) is 113 cm³/mol. The first kappa shape index (κ1) is 18.1. The van der Waals surface area contributed by atoms with E-state index in [4.69, 9.17) is 4.74 Å². The second-order valence-electron chi connectivity index (χ2n) is 7.15. The zero-order chi connectivity index (χ0) is 20.6. The number of nitrogens with zero attached hydrogens (tertiary/aromatic N) is 3. The van der Waals surface area contributed by atoms with Crippen molar-refractivity contribution in [3.63, 3.8) is 0 Å². The minimum absolute atomic E-state index is 0.0249. The minimum Gasteiger partial charge on any atom is -0.497 e. The normalized spacial score (nSPS) is 17.1. The number of carbonyl (C=O) groups excluding carboxylic acids is 1. The highest BCUT2D eigenvalue weighted by Gasteiger charge is 2.52. The molecule has 4 aromatic rings. The van der Waals surface area contributed by atoms with Crippen molar-refractivity contribution in [2.45, 2.75) is 11.6 Å². The summed E-state index contributed by atoms with van der Waals surface area (Å²) in [6.07, 6.45) is 1.48. The third-order valence-corrected chi connectivity index (χ3v) is 5.59. The molecule has 0 radical (unpaired) electrons. The first-order chi connectivity index (χ1) is 14.7. The van der Waals surface area contributed by atoms with E-state index in [0.717, 1.165) is 22.4 Å². The van der Waals surface area contributed by atoms with Crippen LogP contribution in [0.25, 0.3) is 0 Å². The lowest BCUT2D eigenvalue weighted by Crippen LogP contribution is -2.52. The number of rotatable bonds is 4. The Morgan fingerprint density at radius 1 is 0.900 bits per heavy atom. The molecule has 6 nitrogen and oxygen atoms in total. The first-order valence-corrected chi connectivity index (χ1v) is 9.71. The maximum Gasteiger partial charge on any atom is 0.223 e. The van der Waals surface area contributed by atoms with Crippen LogP contribution in [0, 0.1) is 0 Å². The zero-order valence-corrected chi connectivity index (χ0v) is 16.4. The molecule has 0 amide bonds. The number of methoxy groups -OCH3 is 1. The summed E-state index contributed by atoms with van der Waals surface area (Å²) in [5.41, 5.74) is 1.39. The number of benzene rings is 3. The van der Waals surface area contributed by atoms with Gasteiger partial charge in [0.15, 0.2) is 11.3 Å². The van der Waals surface area contributed by atoms with Gasteiger partial charge in [-0.15, -0.1) is 0 Å². The van der Waals surface area contributed by atoms with Crippen LogP contribution in [-0.4, -0.2) is 27.7 Å². The molecule has 3 aromatic carbocycles. The Kier molecular flexibility index (Phi) is 4.32. The standard InChI is InChI=1S/C24H20N4O2/c1-30-20-14-12-17(13-15-20)21-22(29)24(18-8-4-2-5-9-18,19-10-6-3-7-11-19)28-23(27-21)25-16-26-28/h2-16,21H,1H3,(H,25,26,27). The van der Waals surface area contributed by atoms with E-state index < -0.39 is 11.6 Å². The Morgan fingerprint density at radius 2 is 1.50 bits per heavy atom. The van der Waals surface area contributed by atoms with Gasteiger partial charge in [-0.1, -0.05) is 72.8 Å². The number of aromatic nitrogens is 3. The monoisotopic (exact) mass is 396 g/mol. The Labute approximate surface area is 174 Å². The SMILES string of the molecule is COc1ccc(C2Nc3ncnn3C(c3ccccc3)(c3ccccc3)C2=O)cc1. The van der Waals surface area contributed by atoms with Gasteiger partial charge in [-0.05, 0) is 28.8 Å². The van der Waals surface area contributed by atoms with E-state index in [-0.39, 0.29) is 5.78 Å². The lowest BCUT2D eigenvalue weighted by molar-refractivity contribution is -0.126. The van der Waals surface area contributed by atoms with Crippen molar-refractivity contribution < 1.29 is 9.53 Å². The summed E-state index contributed by atoms with van der Waals surface area (Å²) in [4.78, 5) is 18.7. The fourth-order valence-electron chi connectivity index (χ4n) is 4.18. The van der Waals surface area contributed by atoms with E-state index in [1.807, 2.05) is 84.9 Å². The smallest absolute Gasteiger partial charge is 0.223 e. The molecule has 1 atom stereocenters. The summed E-state index contributed by atoms with van der Waals surface area (Å²) >= 11 is 0. The molecular formula is C24H20N4O2. The molecule has 0 saturated heterocycles. The Hall–Kier alpha value is -3.93. The van der Waals surface area contributed by atoms with Crippen molar-refractivity contribution in [1.29, 1.82) is 0 Å². The second kappa shape index (κ2) is 7.15. The fourth-order valence-corrected chi connectivity index (χ4v) is 4.18. The van der Waals surface area contributed by atoms with Crippen LogP contribution < -0.4 is 10.1 Å². The van der Waals surface area contributed by atoms with Crippen molar-refractivity contribution in [1.82, 2.24) is 14.8 Å². The molecule has 148 valence electrons. The second-order valence-corrected chi connectivity index (χ2v) is 7.15. The van der Waals surface area contributed by atoms with Gasteiger partial charge in [0.05, 0.1) is 7.11 Å². The van der Waals surface area contributed by atoms with Gasteiger partial charge in [0.1, 0.15) is 18.1 Å². The molecule has 0 aliphatic carbocycles.